The zero-order chi connectivity index (χ0) is 16.0. The van der Waals surface area contributed by atoms with Crippen LogP contribution in [0.1, 0.15) is 41.9 Å². The first-order chi connectivity index (χ1) is 11.1. The fraction of sp³-hybridized carbons (Fsp3) is 0.500. The first-order valence-corrected chi connectivity index (χ1v) is 8.96. The maximum Gasteiger partial charge on any atom is 0.230 e. The number of fused-ring (bicyclic) bond motifs is 2. The van der Waals surface area contributed by atoms with Gasteiger partial charge >= 0.3 is 0 Å². The normalized spacial score (nSPS) is 30.3. The Morgan fingerprint density at radius 2 is 2.26 bits per heavy atom. The monoisotopic (exact) mass is 351 g/mol. The molecular weight excluding hydrogens is 334 g/mol. The van der Waals surface area contributed by atoms with E-state index in [9.17, 15) is 5.11 Å². The summed E-state index contributed by atoms with van der Waals surface area (Å²) in [5.74, 6) is -0.0615. The van der Waals surface area contributed by atoms with Gasteiger partial charge in [0.05, 0.1) is 22.7 Å². The number of hydrogen-bond donors (Lipinski definition) is 2. The lowest BCUT2D eigenvalue weighted by atomic mass is 9.79. The fourth-order valence-electron chi connectivity index (χ4n) is 3.77. The largest absolute Gasteiger partial charge is 0.492 e. The molecule has 4 heterocycles. The van der Waals surface area contributed by atoms with E-state index in [0.29, 0.717) is 0 Å². The first-order valence-electron chi connectivity index (χ1n) is 7.77. The van der Waals surface area contributed by atoms with E-state index in [-0.39, 0.29) is 23.6 Å². The van der Waals surface area contributed by atoms with Crippen LogP contribution in [0.15, 0.2) is 18.2 Å². The molecule has 0 unspecified atom stereocenters. The highest BCUT2D eigenvalue weighted by Crippen LogP contribution is 2.49. The predicted octanol–water partition coefficient (Wildman–Crippen LogP) is 3.18. The van der Waals surface area contributed by atoms with Gasteiger partial charge in [-0.15, -0.1) is 16.4 Å². The summed E-state index contributed by atoms with van der Waals surface area (Å²) in [5, 5.41) is 20.8. The number of nitrogens with one attached hydrogen (secondary N) is 1. The van der Waals surface area contributed by atoms with Crippen LogP contribution in [0.5, 0.6) is 5.88 Å². The number of hydrogen-bond acceptors (Lipinski definition) is 6. The van der Waals surface area contributed by atoms with Crippen molar-refractivity contribution < 1.29 is 9.84 Å². The van der Waals surface area contributed by atoms with Crippen molar-refractivity contribution in [2.24, 2.45) is 0 Å². The Balaban J connectivity index is 1.71. The number of halogens is 1. The summed E-state index contributed by atoms with van der Waals surface area (Å²) in [4.78, 5) is 1.26. The molecule has 1 saturated heterocycles. The van der Waals surface area contributed by atoms with Crippen LogP contribution in [0, 0.1) is 0 Å². The standard InChI is InChI=1S/C16H18ClN3O2S/c1-9-7-16(15-10(4-5-22-16)6-13(17)23-15)8-12(18-9)11-2-3-14(21)20-19-11/h2-3,6,9,12,18H,4-5,7-8H2,1H3,(H,20,21)/t9-,12-,16-/m0/s1. The number of nitrogens with zero attached hydrogens (tertiary/aromatic N) is 2. The third kappa shape index (κ3) is 2.74. The average molecular weight is 352 g/mol. The van der Waals surface area contributed by atoms with Crippen LogP contribution in [-0.4, -0.2) is 28.0 Å². The first kappa shape index (κ1) is 15.3. The highest BCUT2D eigenvalue weighted by molar-refractivity contribution is 7.16. The number of ether oxygens (including phenoxy) is 1. The third-order valence-electron chi connectivity index (χ3n) is 4.63. The zero-order valence-corrected chi connectivity index (χ0v) is 14.3. The lowest BCUT2D eigenvalue weighted by molar-refractivity contribution is -0.0958. The molecule has 23 heavy (non-hydrogen) atoms. The Morgan fingerprint density at radius 1 is 1.39 bits per heavy atom. The summed E-state index contributed by atoms with van der Waals surface area (Å²) in [6, 6.07) is 5.80. The highest BCUT2D eigenvalue weighted by Gasteiger charge is 2.46. The fourth-order valence-corrected chi connectivity index (χ4v) is 5.23. The molecule has 1 fully saturated rings. The molecule has 0 aliphatic carbocycles. The molecule has 0 radical (unpaired) electrons. The van der Waals surface area contributed by atoms with Crippen molar-refractivity contribution in [2.45, 2.75) is 43.9 Å². The molecule has 0 aromatic carbocycles. The Hall–Kier alpha value is -1.21. The summed E-state index contributed by atoms with van der Waals surface area (Å²) in [5.41, 5.74) is 1.84. The minimum atomic E-state index is -0.305. The van der Waals surface area contributed by atoms with E-state index in [4.69, 9.17) is 16.3 Å². The van der Waals surface area contributed by atoms with Gasteiger partial charge in [0, 0.05) is 23.4 Å². The second-order valence-electron chi connectivity index (χ2n) is 6.34. The van der Waals surface area contributed by atoms with E-state index >= 15 is 0 Å². The van der Waals surface area contributed by atoms with Gasteiger partial charge in [-0.05, 0) is 37.5 Å². The second kappa shape index (κ2) is 5.70. The van der Waals surface area contributed by atoms with Crippen LogP contribution in [-0.2, 0) is 16.8 Å². The van der Waals surface area contributed by atoms with Crippen molar-refractivity contribution in [2.75, 3.05) is 6.61 Å². The minimum absolute atomic E-state index is 0.0404. The Labute approximate surface area is 143 Å². The van der Waals surface area contributed by atoms with Gasteiger partial charge in [0.25, 0.3) is 0 Å². The molecule has 0 bridgehead atoms. The molecule has 7 heteroatoms. The molecule has 2 N–H and O–H groups in total. The summed E-state index contributed by atoms with van der Waals surface area (Å²) < 4.78 is 7.13. The van der Waals surface area contributed by atoms with Crippen LogP contribution in [0.4, 0.5) is 0 Å². The van der Waals surface area contributed by atoms with Crippen LogP contribution in [0.2, 0.25) is 4.34 Å². The van der Waals surface area contributed by atoms with Crippen molar-refractivity contribution in [3.8, 4) is 5.88 Å². The van der Waals surface area contributed by atoms with Crippen LogP contribution >= 0.6 is 22.9 Å². The molecule has 0 saturated carbocycles. The topological polar surface area (TPSA) is 67.3 Å². The molecule has 2 aromatic rings. The molecule has 3 atom stereocenters. The van der Waals surface area contributed by atoms with Crippen molar-refractivity contribution >= 4 is 22.9 Å². The van der Waals surface area contributed by atoms with Gasteiger partial charge in [0.15, 0.2) is 0 Å². The van der Waals surface area contributed by atoms with Gasteiger partial charge in [0.1, 0.15) is 5.60 Å². The maximum absolute atomic E-state index is 9.35. The van der Waals surface area contributed by atoms with Gasteiger partial charge in [-0.25, -0.2) is 0 Å². The number of piperidine rings is 1. The molecular formula is C16H18ClN3O2S. The lowest BCUT2D eigenvalue weighted by Crippen LogP contribution is -2.49. The van der Waals surface area contributed by atoms with E-state index < -0.39 is 0 Å². The summed E-state index contributed by atoms with van der Waals surface area (Å²) in [6.45, 7) is 2.88. The van der Waals surface area contributed by atoms with Gasteiger partial charge in [0.2, 0.25) is 5.88 Å². The van der Waals surface area contributed by atoms with Crippen molar-refractivity contribution in [1.82, 2.24) is 15.5 Å². The number of aromatic nitrogens is 2. The highest BCUT2D eigenvalue weighted by atomic mass is 35.5. The molecule has 2 aromatic heterocycles. The molecule has 4 rings (SSSR count). The van der Waals surface area contributed by atoms with E-state index in [1.54, 1.807) is 17.4 Å². The van der Waals surface area contributed by atoms with Crippen molar-refractivity contribution in [1.29, 1.82) is 0 Å². The molecule has 122 valence electrons. The van der Waals surface area contributed by atoms with Crippen molar-refractivity contribution in [3.63, 3.8) is 0 Å². The predicted molar refractivity (Wildman–Crippen MR) is 88.9 cm³/mol. The van der Waals surface area contributed by atoms with Gasteiger partial charge in [-0.3, -0.25) is 0 Å². The molecule has 0 amide bonds. The Kier molecular flexibility index (Phi) is 3.80. The van der Waals surface area contributed by atoms with Gasteiger partial charge in [-0.1, -0.05) is 11.6 Å². The van der Waals surface area contributed by atoms with E-state index in [0.717, 1.165) is 35.9 Å². The minimum Gasteiger partial charge on any atom is -0.492 e. The Bertz CT molecular complexity index is 721. The quantitative estimate of drug-likeness (QED) is 0.826. The van der Waals surface area contributed by atoms with Gasteiger partial charge < -0.3 is 15.2 Å². The Morgan fingerprint density at radius 3 is 3.04 bits per heavy atom. The van der Waals surface area contributed by atoms with E-state index in [1.807, 2.05) is 6.07 Å². The maximum atomic E-state index is 9.35. The third-order valence-corrected chi connectivity index (χ3v) is 6.12. The van der Waals surface area contributed by atoms with E-state index in [2.05, 4.69) is 28.5 Å². The number of thiophene rings is 1. The SMILES string of the molecule is C[C@H]1C[C@@]2(C[C@@H](c3ccc(O)nn3)N1)OCCc1cc(Cl)sc12. The molecule has 5 nitrogen and oxygen atoms in total. The second-order valence-corrected chi connectivity index (χ2v) is 8.03. The smallest absolute Gasteiger partial charge is 0.230 e. The summed E-state index contributed by atoms with van der Waals surface area (Å²) in [6.07, 6.45) is 2.63. The van der Waals surface area contributed by atoms with Crippen LogP contribution in [0.3, 0.4) is 0 Å². The average Bonchev–Trinajstić information content (AvgIpc) is 2.90. The number of rotatable bonds is 1. The molecule has 2 aliphatic heterocycles. The summed E-state index contributed by atoms with van der Waals surface area (Å²) in [7, 11) is 0. The van der Waals surface area contributed by atoms with Crippen LogP contribution < -0.4 is 5.32 Å². The number of aromatic hydroxyl groups is 1. The van der Waals surface area contributed by atoms with E-state index in [1.165, 1.54) is 10.4 Å². The summed E-state index contributed by atoms with van der Waals surface area (Å²) >= 11 is 7.89. The van der Waals surface area contributed by atoms with Crippen LogP contribution in [0.25, 0.3) is 0 Å². The zero-order valence-electron chi connectivity index (χ0n) is 12.8. The van der Waals surface area contributed by atoms with Crippen molar-refractivity contribution in [3.05, 3.63) is 38.7 Å². The molecule has 1 spiro atoms. The molecule has 2 aliphatic rings. The lowest BCUT2D eigenvalue weighted by Gasteiger charge is -2.45. The van der Waals surface area contributed by atoms with Gasteiger partial charge in [-0.2, -0.15) is 5.10 Å².